The van der Waals surface area contributed by atoms with Crippen LogP contribution in [0.1, 0.15) is 5.69 Å². The molecule has 5 heteroatoms. The number of nitrogen functional groups attached to an aromatic ring is 1. The van der Waals surface area contributed by atoms with Gasteiger partial charge in [0, 0.05) is 7.05 Å². The summed E-state index contributed by atoms with van der Waals surface area (Å²) in [4.78, 5) is 4.01. The SMILES string of the molecule is Cc1nn(C)c(-c2ncco2)c1N. The molecule has 2 N–H and O–H groups in total. The van der Waals surface area contributed by atoms with Gasteiger partial charge >= 0.3 is 0 Å². The molecule has 0 spiro atoms. The molecule has 0 atom stereocenters. The molecular formula is C8H10N4O. The second-order valence-corrected chi connectivity index (χ2v) is 2.81. The lowest BCUT2D eigenvalue weighted by atomic mass is 10.3. The molecule has 0 radical (unpaired) electrons. The Morgan fingerprint density at radius 1 is 1.54 bits per heavy atom. The number of oxazole rings is 1. The number of rotatable bonds is 1. The van der Waals surface area contributed by atoms with Crippen molar-refractivity contribution in [2.24, 2.45) is 7.05 Å². The van der Waals surface area contributed by atoms with Gasteiger partial charge in [-0.05, 0) is 6.92 Å². The number of nitrogens with two attached hydrogens (primary N) is 1. The Morgan fingerprint density at radius 3 is 2.77 bits per heavy atom. The smallest absolute Gasteiger partial charge is 0.246 e. The van der Waals surface area contributed by atoms with Crippen LogP contribution >= 0.6 is 0 Å². The zero-order valence-electron chi connectivity index (χ0n) is 7.48. The summed E-state index contributed by atoms with van der Waals surface area (Å²) >= 11 is 0. The van der Waals surface area contributed by atoms with Crippen LogP contribution in [0.2, 0.25) is 0 Å². The summed E-state index contributed by atoms with van der Waals surface area (Å²) in [5.74, 6) is 0.501. The van der Waals surface area contributed by atoms with Crippen LogP contribution in [0.3, 0.4) is 0 Å². The van der Waals surface area contributed by atoms with Gasteiger partial charge in [0.05, 0.1) is 17.6 Å². The van der Waals surface area contributed by atoms with Gasteiger partial charge in [0.2, 0.25) is 5.89 Å². The van der Waals surface area contributed by atoms with Crippen molar-refractivity contribution in [3.8, 4) is 11.6 Å². The van der Waals surface area contributed by atoms with E-state index in [1.807, 2.05) is 14.0 Å². The standard InChI is InChI=1S/C8H10N4O/c1-5-6(9)7(12(2)11-5)8-10-3-4-13-8/h3-4H,9H2,1-2H3. The molecule has 0 saturated heterocycles. The summed E-state index contributed by atoms with van der Waals surface area (Å²) < 4.78 is 6.81. The van der Waals surface area contributed by atoms with Crippen LogP contribution in [0.25, 0.3) is 11.6 Å². The number of aromatic nitrogens is 3. The third-order valence-electron chi connectivity index (χ3n) is 1.90. The summed E-state index contributed by atoms with van der Waals surface area (Å²) in [6, 6.07) is 0. The Morgan fingerprint density at radius 2 is 2.31 bits per heavy atom. The molecule has 13 heavy (non-hydrogen) atoms. The van der Waals surface area contributed by atoms with Crippen LogP contribution < -0.4 is 5.73 Å². The van der Waals surface area contributed by atoms with Gasteiger partial charge in [-0.1, -0.05) is 0 Å². The molecule has 0 aliphatic rings. The molecule has 68 valence electrons. The predicted molar refractivity (Wildman–Crippen MR) is 47.9 cm³/mol. The van der Waals surface area contributed by atoms with Crippen LogP contribution in [0, 0.1) is 6.92 Å². The molecule has 2 heterocycles. The predicted octanol–water partition coefficient (Wildman–Crippen LogP) is 0.966. The third-order valence-corrected chi connectivity index (χ3v) is 1.90. The monoisotopic (exact) mass is 178 g/mol. The van der Waals surface area contributed by atoms with E-state index in [0.29, 0.717) is 11.6 Å². The van der Waals surface area contributed by atoms with Crippen molar-refractivity contribution in [2.75, 3.05) is 5.73 Å². The fourth-order valence-electron chi connectivity index (χ4n) is 1.27. The summed E-state index contributed by atoms with van der Waals surface area (Å²) in [7, 11) is 1.81. The van der Waals surface area contributed by atoms with E-state index in [9.17, 15) is 0 Å². The van der Waals surface area contributed by atoms with E-state index in [1.165, 1.54) is 6.26 Å². The lowest BCUT2D eigenvalue weighted by molar-refractivity contribution is 0.565. The Hall–Kier alpha value is -1.78. The Bertz CT molecular complexity index is 416. The first-order valence-electron chi connectivity index (χ1n) is 3.89. The van der Waals surface area contributed by atoms with Crippen molar-refractivity contribution in [1.82, 2.24) is 14.8 Å². The van der Waals surface area contributed by atoms with Gasteiger partial charge in [-0.25, -0.2) is 4.98 Å². The maximum atomic E-state index is 5.81. The molecule has 0 amide bonds. The van der Waals surface area contributed by atoms with Crippen molar-refractivity contribution in [3.05, 3.63) is 18.2 Å². The molecule has 0 bridgehead atoms. The minimum Gasteiger partial charge on any atom is -0.443 e. The van der Waals surface area contributed by atoms with Crippen molar-refractivity contribution >= 4 is 5.69 Å². The molecule has 0 saturated carbocycles. The number of hydrogen-bond donors (Lipinski definition) is 1. The van der Waals surface area contributed by atoms with Gasteiger partial charge in [0.1, 0.15) is 12.0 Å². The molecule has 5 nitrogen and oxygen atoms in total. The van der Waals surface area contributed by atoms with Crippen LogP contribution in [-0.2, 0) is 7.05 Å². The molecule has 0 aliphatic heterocycles. The van der Waals surface area contributed by atoms with Gasteiger partial charge in [-0.15, -0.1) is 0 Å². The highest BCUT2D eigenvalue weighted by atomic mass is 16.3. The van der Waals surface area contributed by atoms with E-state index in [-0.39, 0.29) is 0 Å². The maximum absolute atomic E-state index is 5.81. The van der Waals surface area contributed by atoms with E-state index >= 15 is 0 Å². The van der Waals surface area contributed by atoms with E-state index in [1.54, 1.807) is 10.9 Å². The molecule has 0 fully saturated rings. The second kappa shape index (κ2) is 2.62. The molecule has 0 unspecified atom stereocenters. The van der Waals surface area contributed by atoms with Crippen LogP contribution in [0.4, 0.5) is 5.69 Å². The maximum Gasteiger partial charge on any atom is 0.246 e. The van der Waals surface area contributed by atoms with Crippen molar-refractivity contribution in [2.45, 2.75) is 6.92 Å². The summed E-state index contributed by atoms with van der Waals surface area (Å²) in [6.07, 6.45) is 3.09. The average molecular weight is 178 g/mol. The molecule has 2 aromatic rings. The quantitative estimate of drug-likeness (QED) is 0.706. The summed E-state index contributed by atoms with van der Waals surface area (Å²) in [6.45, 7) is 1.85. The zero-order valence-corrected chi connectivity index (χ0v) is 7.48. The van der Waals surface area contributed by atoms with Gasteiger partial charge in [-0.3, -0.25) is 4.68 Å². The Labute approximate surface area is 75.2 Å². The van der Waals surface area contributed by atoms with Gasteiger partial charge < -0.3 is 10.2 Å². The Balaban J connectivity index is 2.64. The minimum atomic E-state index is 0.501. The third kappa shape index (κ3) is 1.09. The topological polar surface area (TPSA) is 69.9 Å². The lowest BCUT2D eigenvalue weighted by Crippen LogP contribution is -1.95. The van der Waals surface area contributed by atoms with E-state index in [0.717, 1.165) is 11.4 Å². The fraction of sp³-hybridized carbons (Fsp3) is 0.250. The number of anilines is 1. The lowest BCUT2D eigenvalue weighted by Gasteiger charge is -1.96. The number of hydrogen-bond acceptors (Lipinski definition) is 4. The highest BCUT2D eigenvalue weighted by Crippen LogP contribution is 2.25. The molecule has 2 aromatic heterocycles. The fourth-order valence-corrected chi connectivity index (χ4v) is 1.27. The van der Waals surface area contributed by atoms with Crippen LogP contribution in [0.15, 0.2) is 16.9 Å². The molecule has 2 rings (SSSR count). The number of aryl methyl sites for hydroxylation is 2. The normalized spacial score (nSPS) is 10.6. The van der Waals surface area contributed by atoms with Crippen molar-refractivity contribution in [3.63, 3.8) is 0 Å². The minimum absolute atomic E-state index is 0.501. The number of nitrogens with zero attached hydrogens (tertiary/aromatic N) is 3. The highest BCUT2D eigenvalue weighted by Gasteiger charge is 2.15. The second-order valence-electron chi connectivity index (χ2n) is 2.81. The average Bonchev–Trinajstić information content (AvgIpc) is 2.63. The molecule has 0 aromatic carbocycles. The van der Waals surface area contributed by atoms with Gasteiger partial charge in [0.25, 0.3) is 0 Å². The van der Waals surface area contributed by atoms with Gasteiger partial charge in [0.15, 0.2) is 0 Å². The van der Waals surface area contributed by atoms with E-state index in [2.05, 4.69) is 10.1 Å². The first kappa shape index (κ1) is 7.85. The zero-order chi connectivity index (χ0) is 9.42. The summed E-state index contributed by atoms with van der Waals surface area (Å²) in [5, 5.41) is 4.16. The molecular weight excluding hydrogens is 168 g/mol. The van der Waals surface area contributed by atoms with Crippen LogP contribution in [-0.4, -0.2) is 14.8 Å². The Kier molecular flexibility index (Phi) is 1.58. The van der Waals surface area contributed by atoms with E-state index < -0.39 is 0 Å². The largest absolute Gasteiger partial charge is 0.443 e. The van der Waals surface area contributed by atoms with Gasteiger partial charge in [-0.2, -0.15) is 5.10 Å². The van der Waals surface area contributed by atoms with E-state index in [4.69, 9.17) is 10.2 Å². The van der Waals surface area contributed by atoms with Crippen LogP contribution in [0.5, 0.6) is 0 Å². The highest BCUT2D eigenvalue weighted by molar-refractivity contribution is 5.68. The first-order chi connectivity index (χ1) is 6.20. The first-order valence-corrected chi connectivity index (χ1v) is 3.89. The molecule has 0 aliphatic carbocycles. The summed E-state index contributed by atoms with van der Waals surface area (Å²) in [5.41, 5.74) is 7.94. The van der Waals surface area contributed by atoms with Crippen molar-refractivity contribution in [1.29, 1.82) is 0 Å². The van der Waals surface area contributed by atoms with Crippen molar-refractivity contribution < 1.29 is 4.42 Å².